The Hall–Kier alpha value is -1.45. The van der Waals surface area contributed by atoms with E-state index >= 15 is 0 Å². The molecule has 0 aromatic carbocycles. The van der Waals surface area contributed by atoms with Crippen molar-refractivity contribution in [1.82, 2.24) is 10.2 Å². The van der Waals surface area contributed by atoms with Crippen molar-refractivity contribution in [2.45, 2.75) is 19.5 Å². The molecule has 1 atom stereocenters. The molecule has 1 aliphatic heterocycles. The third kappa shape index (κ3) is 1.52. The van der Waals surface area contributed by atoms with Gasteiger partial charge in [-0.2, -0.15) is 0 Å². The molecule has 0 aromatic heterocycles. The molecule has 0 aromatic rings. The number of amides is 1. The van der Waals surface area contributed by atoms with Crippen LogP contribution in [-0.2, 0) is 4.79 Å². The zero-order chi connectivity index (χ0) is 10.0. The Labute approximate surface area is 78.1 Å². The van der Waals surface area contributed by atoms with E-state index < -0.39 is 5.91 Å². The van der Waals surface area contributed by atoms with Crippen molar-refractivity contribution in [2.24, 2.45) is 5.73 Å². The molecule has 1 amide bonds. The van der Waals surface area contributed by atoms with Gasteiger partial charge in [0.05, 0.1) is 0 Å². The Morgan fingerprint density at radius 2 is 2.46 bits per heavy atom. The maximum absolute atomic E-state index is 11.1. The maximum atomic E-state index is 11.1. The average molecular weight is 181 g/mol. The molecule has 0 bridgehead atoms. The zero-order valence-electron chi connectivity index (χ0n) is 8.00. The van der Waals surface area contributed by atoms with Crippen molar-refractivity contribution in [3.8, 4) is 0 Å². The zero-order valence-corrected chi connectivity index (χ0v) is 8.00. The monoisotopic (exact) mass is 181 g/mol. The van der Waals surface area contributed by atoms with Gasteiger partial charge in [-0.15, -0.1) is 0 Å². The van der Waals surface area contributed by atoms with E-state index in [1.165, 1.54) is 0 Å². The minimum Gasteiger partial charge on any atom is -0.364 e. The molecule has 1 rings (SSSR count). The highest BCUT2D eigenvalue weighted by atomic mass is 16.1. The summed E-state index contributed by atoms with van der Waals surface area (Å²) in [4.78, 5) is 12.9. The number of primary amides is 1. The Kier molecular flexibility index (Phi) is 2.60. The maximum Gasteiger partial charge on any atom is 0.266 e. The predicted molar refractivity (Wildman–Crippen MR) is 51.4 cm³/mol. The minimum absolute atomic E-state index is 0.0163. The van der Waals surface area contributed by atoms with Crippen molar-refractivity contribution in [2.75, 3.05) is 7.05 Å². The number of allylic oxidation sites excluding steroid dienone is 1. The van der Waals surface area contributed by atoms with Crippen LogP contribution in [-0.4, -0.2) is 24.0 Å². The van der Waals surface area contributed by atoms with Crippen LogP contribution in [0.5, 0.6) is 0 Å². The summed E-state index contributed by atoms with van der Waals surface area (Å²) in [7, 11) is 1.82. The fourth-order valence-electron chi connectivity index (χ4n) is 1.50. The molecule has 0 saturated carbocycles. The standard InChI is InChI=1S/C9H15N3O/c1-4-6-8(9(10)13)12(3)7(5-2)11-6/h5,7,11H,2,4H2,1,3H3,(H2,10,13). The van der Waals surface area contributed by atoms with Crippen LogP contribution in [0.15, 0.2) is 24.0 Å². The van der Waals surface area contributed by atoms with Gasteiger partial charge in [-0.05, 0) is 12.5 Å². The van der Waals surface area contributed by atoms with E-state index in [1.54, 1.807) is 11.0 Å². The second kappa shape index (κ2) is 3.51. The fraction of sp³-hybridized carbons (Fsp3) is 0.444. The molecule has 0 fully saturated rings. The van der Waals surface area contributed by atoms with E-state index in [0.29, 0.717) is 5.70 Å². The van der Waals surface area contributed by atoms with Crippen LogP contribution in [0.2, 0.25) is 0 Å². The first-order valence-corrected chi connectivity index (χ1v) is 4.26. The van der Waals surface area contributed by atoms with E-state index in [1.807, 2.05) is 14.0 Å². The van der Waals surface area contributed by atoms with Crippen LogP contribution in [0, 0.1) is 0 Å². The number of hydrogen-bond donors (Lipinski definition) is 2. The van der Waals surface area contributed by atoms with Crippen LogP contribution in [0.1, 0.15) is 13.3 Å². The van der Waals surface area contributed by atoms with Gasteiger partial charge in [-0.1, -0.05) is 13.5 Å². The molecule has 0 aliphatic carbocycles. The summed E-state index contributed by atoms with van der Waals surface area (Å²) >= 11 is 0. The highest BCUT2D eigenvalue weighted by molar-refractivity contribution is 5.92. The van der Waals surface area contributed by atoms with Gasteiger partial charge in [0.15, 0.2) is 0 Å². The molecule has 0 spiro atoms. The first-order chi connectivity index (χ1) is 6.11. The Bertz CT molecular complexity index is 270. The lowest BCUT2D eigenvalue weighted by molar-refractivity contribution is -0.115. The lowest BCUT2D eigenvalue weighted by atomic mass is 10.2. The molecule has 1 aliphatic rings. The molecule has 3 N–H and O–H groups in total. The highest BCUT2D eigenvalue weighted by Crippen LogP contribution is 2.20. The highest BCUT2D eigenvalue weighted by Gasteiger charge is 2.28. The van der Waals surface area contributed by atoms with Crippen molar-refractivity contribution in [3.63, 3.8) is 0 Å². The minimum atomic E-state index is -0.392. The van der Waals surface area contributed by atoms with Crippen LogP contribution in [0.3, 0.4) is 0 Å². The molecule has 4 heteroatoms. The van der Waals surface area contributed by atoms with Gasteiger partial charge in [0, 0.05) is 12.7 Å². The SMILES string of the molecule is C=CC1NC(CC)=C(C(N)=O)N1C. The summed E-state index contributed by atoms with van der Waals surface area (Å²) < 4.78 is 0. The lowest BCUT2D eigenvalue weighted by Crippen LogP contribution is -2.35. The number of nitrogens with two attached hydrogens (primary N) is 1. The quantitative estimate of drug-likeness (QED) is 0.609. The Morgan fingerprint density at radius 3 is 2.77 bits per heavy atom. The van der Waals surface area contributed by atoms with E-state index in [2.05, 4.69) is 11.9 Å². The van der Waals surface area contributed by atoms with Gasteiger partial charge < -0.3 is 16.0 Å². The Morgan fingerprint density at radius 1 is 1.85 bits per heavy atom. The molecule has 0 radical (unpaired) electrons. The van der Waals surface area contributed by atoms with Gasteiger partial charge >= 0.3 is 0 Å². The van der Waals surface area contributed by atoms with E-state index in [-0.39, 0.29) is 6.17 Å². The smallest absolute Gasteiger partial charge is 0.266 e. The summed E-state index contributed by atoms with van der Waals surface area (Å²) in [6.07, 6.45) is 2.50. The molecular weight excluding hydrogens is 166 g/mol. The second-order valence-corrected chi connectivity index (χ2v) is 2.98. The molecule has 4 nitrogen and oxygen atoms in total. The molecule has 13 heavy (non-hydrogen) atoms. The number of rotatable bonds is 3. The first-order valence-electron chi connectivity index (χ1n) is 4.26. The van der Waals surface area contributed by atoms with Crippen LogP contribution >= 0.6 is 0 Å². The van der Waals surface area contributed by atoms with Crippen molar-refractivity contribution in [1.29, 1.82) is 0 Å². The van der Waals surface area contributed by atoms with E-state index in [9.17, 15) is 4.79 Å². The third-order valence-corrected chi connectivity index (χ3v) is 2.19. The predicted octanol–water partition coefficient (Wildman–Crippen LogP) is 0.140. The number of carbonyl (C=O) groups is 1. The molecular formula is C9H15N3O. The molecule has 1 heterocycles. The summed E-state index contributed by atoms with van der Waals surface area (Å²) in [6.45, 7) is 5.65. The molecule has 72 valence electrons. The first kappa shape index (κ1) is 9.64. The summed E-state index contributed by atoms with van der Waals surface area (Å²) in [5, 5.41) is 3.16. The van der Waals surface area contributed by atoms with Crippen molar-refractivity contribution < 1.29 is 4.79 Å². The normalized spacial score (nSPS) is 21.7. The van der Waals surface area contributed by atoms with Gasteiger partial charge in [-0.3, -0.25) is 4.79 Å². The number of nitrogens with one attached hydrogen (secondary N) is 1. The molecule has 0 saturated heterocycles. The number of nitrogens with zero attached hydrogens (tertiary/aromatic N) is 1. The largest absolute Gasteiger partial charge is 0.364 e. The van der Waals surface area contributed by atoms with Gasteiger partial charge in [0.25, 0.3) is 5.91 Å². The van der Waals surface area contributed by atoms with Crippen molar-refractivity contribution in [3.05, 3.63) is 24.0 Å². The second-order valence-electron chi connectivity index (χ2n) is 2.98. The summed E-state index contributed by atoms with van der Waals surface area (Å²) in [5.41, 5.74) is 6.71. The topological polar surface area (TPSA) is 58.4 Å². The van der Waals surface area contributed by atoms with Gasteiger partial charge in [0.1, 0.15) is 11.9 Å². The van der Waals surface area contributed by atoms with Crippen molar-refractivity contribution >= 4 is 5.91 Å². The number of hydrogen-bond acceptors (Lipinski definition) is 3. The number of carbonyl (C=O) groups excluding carboxylic acids is 1. The van der Waals surface area contributed by atoms with Crippen LogP contribution < -0.4 is 11.1 Å². The van der Waals surface area contributed by atoms with Crippen LogP contribution in [0.25, 0.3) is 0 Å². The third-order valence-electron chi connectivity index (χ3n) is 2.19. The summed E-state index contributed by atoms with van der Waals surface area (Å²) in [5.74, 6) is -0.392. The van der Waals surface area contributed by atoms with E-state index in [4.69, 9.17) is 5.73 Å². The average Bonchev–Trinajstić information content (AvgIpc) is 2.41. The molecule has 1 unspecified atom stereocenters. The van der Waals surface area contributed by atoms with Gasteiger partial charge in [0.2, 0.25) is 0 Å². The Balaban J connectivity index is 2.97. The summed E-state index contributed by atoms with van der Waals surface area (Å²) in [6, 6.07) is 0. The lowest BCUT2D eigenvalue weighted by Gasteiger charge is -2.19. The van der Waals surface area contributed by atoms with Gasteiger partial charge in [-0.25, -0.2) is 0 Å². The van der Waals surface area contributed by atoms with Crippen LogP contribution in [0.4, 0.5) is 0 Å². The number of likely N-dealkylation sites (N-methyl/N-ethyl adjacent to an activating group) is 1. The van der Waals surface area contributed by atoms with E-state index in [0.717, 1.165) is 12.1 Å². The fourth-order valence-corrected chi connectivity index (χ4v) is 1.50.